The standard InChI is InChI=1S/C15H27NO/c1-14(2,13(16)9-17)15-6-10-3-11(7-15)5-12(4-10)8-15/h10-13,17H,3-9,16H2,1-2H3. The second-order valence-electron chi connectivity index (χ2n) is 7.71. The zero-order chi connectivity index (χ0) is 12.3. The van der Waals surface area contributed by atoms with Crippen molar-refractivity contribution in [3.05, 3.63) is 0 Å². The molecule has 1 atom stereocenters. The summed E-state index contributed by atoms with van der Waals surface area (Å²) in [7, 11) is 0. The van der Waals surface area contributed by atoms with Gasteiger partial charge >= 0.3 is 0 Å². The van der Waals surface area contributed by atoms with Crippen LogP contribution in [0.5, 0.6) is 0 Å². The Balaban J connectivity index is 1.91. The van der Waals surface area contributed by atoms with Crippen LogP contribution in [0.3, 0.4) is 0 Å². The lowest BCUT2D eigenvalue weighted by Crippen LogP contribution is -2.59. The topological polar surface area (TPSA) is 46.2 Å². The van der Waals surface area contributed by atoms with E-state index in [4.69, 9.17) is 5.73 Å². The maximum absolute atomic E-state index is 9.45. The van der Waals surface area contributed by atoms with E-state index in [2.05, 4.69) is 13.8 Å². The molecule has 4 saturated carbocycles. The second kappa shape index (κ2) is 3.71. The molecule has 17 heavy (non-hydrogen) atoms. The molecule has 0 amide bonds. The highest BCUT2D eigenvalue weighted by atomic mass is 16.3. The average molecular weight is 237 g/mol. The van der Waals surface area contributed by atoms with E-state index in [9.17, 15) is 5.11 Å². The molecule has 4 fully saturated rings. The van der Waals surface area contributed by atoms with E-state index in [1.165, 1.54) is 38.5 Å². The Labute approximate surface area is 105 Å². The highest BCUT2D eigenvalue weighted by Gasteiger charge is 2.58. The third kappa shape index (κ3) is 1.60. The van der Waals surface area contributed by atoms with Crippen LogP contribution in [0.1, 0.15) is 52.4 Å². The molecule has 98 valence electrons. The highest BCUT2D eigenvalue weighted by Crippen LogP contribution is 2.66. The van der Waals surface area contributed by atoms with Gasteiger partial charge in [0.05, 0.1) is 6.61 Å². The van der Waals surface area contributed by atoms with Crippen molar-refractivity contribution >= 4 is 0 Å². The Hall–Kier alpha value is -0.0800. The molecule has 0 spiro atoms. The maximum Gasteiger partial charge on any atom is 0.0587 e. The molecule has 2 nitrogen and oxygen atoms in total. The zero-order valence-corrected chi connectivity index (χ0v) is 11.3. The summed E-state index contributed by atoms with van der Waals surface area (Å²) in [4.78, 5) is 0. The first-order chi connectivity index (χ1) is 7.97. The van der Waals surface area contributed by atoms with Crippen molar-refractivity contribution in [1.82, 2.24) is 0 Å². The molecule has 4 aliphatic carbocycles. The monoisotopic (exact) mass is 237 g/mol. The third-order valence-corrected chi connectivity index (χ3v) is 6.53. The molecule has 0 aromatic heterocycles. The van der Waals surface area contributed by atoms with Gasteiger partial charge in [-0.25, -0.2) is 0 Å². The lowest BCUT2D eigenvalue weighted by Gasteiger charge is -2.63. The summed E-state index contributed by atoms with van der Waals surface area (Å²) in [5, 5.41) is 9.45. The fraction of sp³-hybridized carbons (Fsp3) is 1.00. The lowest BCUT2D eigenvalue weighted by atomic mass is 9.42. The predicted molar refractivity (Wildman–Crippen MR) is 69.4 cm³/mol. The Kier molecular flexibility index (Phi) is 2.61. The first-order valence-electron chi connectivity index (χ1n) is 7.33. The first-order valence-corrected chi connectivity index (χ1v) is 7.33. The summed E-state index contributed by atoms with van der Waals surface area (Å²) < 4.78 is 0. The molecule has 0 radical (unpaired) electrons. The van der Waals surface area contributed by atoms with Crippen LogP contribution in [0.15, 0.2) is 0 Å². The van der Waals surface area contributed by atoms with Crippen molar-refractivity contribution in [2.45, 2.75) is 58.4 Å². The largest absolute Gasteiger partial charge is 0.395 e. The van der Waals surface area contributed by atoms with Crippen LogP contribution in [-0.2, 0) is 0 Å². The Morgan fingerprint density at radius 3 is 1.88 bits per heavy atom. The van der Waals surface area contributed by atoms with E-state index in [0.29, 0.717) is 5.41 Å². The first kappa shape index (κ1) is 12.0. The van der Waals surface area contributed by atoms with E-state index in [-0.39, 0.29) is 18.1 Å². The summed E-state index contributed by atoms with van der Waals surface area (Å²) in [5.41, 5.74) is 6.75. The van der Waals surface area contributed by atoms with Crippen molar-refractivity contribution in [2.75, 3.05) is 6.61 Å². The third-order valence-electron chi connectivity index (χ3n) is 6.53. The SMILES string of the molecule is CC(C)(C(N)CO)C12CC3CC(CC(C3)C1)C2. The Morgan fingerprint density at radius 2 is 1.53 bits per heavy atom. The molecule has 0 aromatic rings. The van der Waals surface area contributed by atoms with E-state index in [0.717, 1.165) is 17.8 Å². The number of aliphatic hydroxyl groups is 1. The average Bonchev–Trinajstić information content (AvgIpc) is 2.25. The molecule has 0 heterocycles. The summed E-state index contributed by atoms with van der Waals surface area (Å²) in [6, 6.07) is -0.0567. The molecular formula is C15H27NO. The Morgan fingerprint density at radius 1 is 1.12 bits per heavy atom. The van der Waals surface area contributed by atoms with Gasteiger partial charge < -0.3 is 10.8 Å². The van der Waals surface area contributed by atoms with Gasteiger partial charge in [-0.2, -0.15) is 0 Å². The second-order valence-corrected chi connectivity index (χ2v) is 7.71. The van der Waals surface area contributed by atoms with Crippen LogP contribution in [0.4, 0.5) is 0 Å². The van der Waals surface area contributed by atoms with Crippen LogP contribution in [-0.4, -0.2) is 17.8 Å². The molecule has 1 unspecified atom stereocenters. The smallest absolute Gasteiger partial charge is 0.0587 e. The summed E-state index contributed by atoms with van der Waals surface area (Å²) in [5.74, 6) is 2.89. The predicted octanol–water partition coefficient (Wildman–Crippen LogP) is 2.55. The van der Waals surface area contributed by atoms with Gasteiger partial charge in [-0.15, -0.1) is 0 Å². The van der Waals surface area contributed by atoms with Crippen LogP contribution in [0, 0.1) is 28.6 Å². The molecule has 0 aromatic carbocycles. The van der Waals surface area contributed by atoms with Gasteiger partial charge in [-0.3, -0.25) is 0 Å². The summed E-state index contributed by atoms with van der Waals surface area (Å²) >= 11 is 0. The summed E-state index contributed by atoms with van der Waals surface area (Å²) in [6.45, 7) is 4.75. The van der Waals surface area contributed by atoms with Crippen molar-refractivity contribution < 1.29 is 5.11 Å². The number of hydrogen-bond acceptors (Lipinski definition) is 2. The number of aliphatic hydroxyl groups excluding tert-OH is 1. The van der Waals surface area contributed by atoms with Gasteiger partial charge in [0.1, 0.15) is 0 Å². The molecular weight excluding hydrogens is 210 g/mol. The fourth-order valence-electron chi connectivity index (χ4n) is 5.52. The minimum atomic E-state index is -0.0567. The van der Waals surface area contributed by atoms with Crippen molar-refractivity contribution in [3.8, 4) is 0 Å². The summed E-state index contributed by atoms with van der Waals surface area (Å²) in [6.07, 6.45) is 8.55. The van der Waals surface area contributed by atoms with Gasteiger partial charge in [0, 0.05) is 6.04 Å². The molecule has 4 aliphatic rings. The molecule has 0 aliphatic heterocycles. The zero-order valence-electron chi connectivity index (χ0n) is 11.3. The quantitative estimate of drug-likeness (QED) is 0.792. The molecule has 2 heteroatoms. The molecule has 4 bridgehead atoms. The van der Waals surface area contributed by atoms with Crippen molar-refractivity contribution in [2.24, 2.45) is 34.3 Å². The van der Waals surface area contributed by atoms with Gasteiger partial charge in [0.15, 0.2) is 0 Å². The molecule has 0 saturated heterocycles. The van der Waals surface area contributed by atoms with E-state index in [1.54, 1.807) is 0 Å². The van der Waals surface area contributed by atoms with Crippen LogP contribution in [0.2, 0.25) is 0 Å². The van der Waals surface area contributed by atoms with Crippen molar-refractivity contribution in [3.63, 3.8) is 0 Å². The highest BCUT2D eigenvalue weighted by molar-refractivity contribution is 5.09. The lowest BCUT2D eigenvalue weighted by molar-refractivity contribution is -0.131. The van der Waals surface area contributed by atoms with E-state index >= 15 is 0 Å². The van der Waals surface area contributed by atoms with Gasteiger partial charge in [-0.05, 0) is 67.1 Å². The van der Waals surface area contributed by atoms with E-state index < -0.39 is 0 Å². The number of nitrogens with two attached hydrogens (primary N) is 1. The van der Waals surface area contributed by atoms with Crippen LogP contribution < -0.4 is 5.73 Å². The maximum atomic E-state index is 9.45. The van der Waals surface area contributed by atoms with Gasteiger partial charge in [-0.1, -0.05) is 13.8 Å². The Bertz CT molecular complexity index is 275. The van der Waals surface area contributed by atoms with Gasteiger partial charge in [0.2, 0.25) is 0 Å². The van der Waals surface area contributed by atoms with Gasteiger partial charge in [0.25, 0.3) is 0 Å². The molecule has 3 N–H and O–H groups in total. The van der Waals surface area contributed by atoms with E-state index in [1.807, 2.05) is 0 Å². The minimum Gasteiger partial charge on any atom is -0.395 e. The number of hydrogen-bond donors (Lipinski definition) is 2. The molecule has 4 rings (SSSR count). The van der Waals surface area contributed by atoms with Crippen LogP contribution >= 0.6 is 0 Å². The normalized spacial score (nSPS) is 46.2. The van der Waals surface area contributed by atoms with Crippen molar-refractivity contribution in [1.29, 1.82) is 0 Å². The minimum absolute atomic E-state index is 0.0567. The van der Waals surface area contributed by atoms with Crippen LogP contribution in [0.25, 0.3) is 0 Å². The number of rotatable bonds is 3. The fourth-order valence-corrected chi connectivity index (χ4v) is 5.52.